The summed E-state index contributed by atoms with van der Waals surface area (Å²) in [6, 6.07) is 0. The highest BCUT2D eigenvalue weighted by molar-refractivity contribution is 5.86. The Morgan fingerprint density at radius 3 is 2.19 bits per heavy atom. The molecule has 13 heteroatoms. The number of hydrogen-bond donors (Lipinski definition) is 1. The molecule has 5 unspecified atom stereocenters. The number of carbonyl (C=O) groups is 3. The van der Waals surface area contributed by atoms with Crippen LogP contribution >= 0.6 is 0 Å². The SMILES string of the molecule is O=C(O)CC(OC(=O)C1C2CC3OC(=O)C1C3O2)(C(F)(F)F)C(F)(F)F. The molecule has 3 rings (SSSR count). The van der Waals surface area contributed by atoms with Gasteiger partial charge in [0.25, 0.3) is 0 Å². The van der Waals surface area contributed by atoms with Gasteiger partial charge in [0.1, 0.15) is 24.5 Å². The summed E-state index contributed by atoms with van der Waals surface area (Å²) in [5.74, 6) is -8.57. The molecule has 5 atom stereocenters. The molecule has 146 valence electrons. The second-order valence-electron chi connectivity index (χ2n) is 6.22. The zero-order chi connectivity index (χ0) is 19.7. The van der Waals surface area contributed by atoms with Crippen molar-refractivity contribution in [1.29, 1.82) is 0 Å². The van der Waals surface area contributed by atoms with E-state index in [1.807, 2.05) is 0 Å². The fourth-order valence-electron chi connectivity index (χ4n) is 3.58. The number of halogens is 6. The molecule has 0 aliphatic carbocycles. The van der Waals surface area contributed by atoms with Crippen molar-refractivity contribution in [1.82, 2.24) is 0 Å². The monoisotopic (exact) mass is 392 g/mol. The topological polar surface area (TPSA) is 99.1 Å². The summed E-state index contributed by atoms with van der Waals surface area (Å²) in [7, 11) is 0. The lowest BCUT2D eigenvalue weighted by Crippen LogP contribution is -2.61. The van der Waals surface area contributed by atoms with Crippen molar-refractivity contribution in [2.75, 3.05) is 0 Å². The lowest BCUT2D eigenvalue weighted by Gasteiger charge is -2.36. The van der Waals surface area contributed by atoms with Gasteiger partial charge in [-0.2, -0.15) is 26.3 Å². The maximum Gasteiger partial charge on any atom is 0.438 e. The molecular weight excluding hydrogens is 382 g/mol. The van der Waals surface area contributed by atoms with Gasteiger partial charge >= 0.3 is 35.9 Å². The molecule has 0 spiro atoms. The van der Waals surface area contributed by atoms with Gasteiger partial charge in [0.2, 0.25) is 0 Å². The van der Waals surface area contributed by atoms with Crippen LogP contribution < -0.4 is 0 Å². The number of carbonyl (C=O) groups excluding carboxylic acids is 2. The Morgan fingerprint density at radius 2 is 1.69 bits per heavy atom. The minimum Gasteiger partial charge on any atom is -0.481 e. The van der Waals surface area contributed by atoms with Crippen molar-refractivity contribution in [3.05, 3.63) is 0 Å². The van der Waals surface area contributed by atoms with Gasteiger partial charge in [-0.1, -0.05) is 0 Å². The van der Waals surface area contributed by atoms with Crippen LogP contribution in [0.1, 0.15) is 12.8 Å². The van der Waals surface area contributed by atoms with E-state index in [-0.39, 0.29) is 6.42 Å². The van der Waals surface area contributed by atoms with Crippen molar-refractivity contribution in [2.45, 2.75) is 49.1 Å². The smallest absolute Gasteiger partial charge is 0.438 e. The van der Waals surface area contributed by atoms with Crippen LogP contribution in [-0.4, -0.2) is 59.3 Å². The molecule has 26 heavy (non-hydrogen) atoms. The zero-order valence-corrected chi connectivity index (χ0v) is 12.5. The standard InChI is InChI=1S/C13H10F6O7/c14-12(15,16)11(2-5(20)21,13(17,18)19)26-10(23)6-3-1-4-8(24-3)7(6)9(22)25-4/h3-4,6-8H,1-2H2,(H,20,21). The summed E-state index contributed by atoms with van der Waals surface area (Å²) in [5, 5.41) is 8.52. The second kappa shape index (κ2) is 5.47. The van der Waals surface area contributed by atoms with Crippen molar-refractivity contribution >= 4 is 17.9 Å². The van der Waals surface area contributed by atoms with E-state index in [0.717, 1.165) is 0 Å². The number of rotatable bonds is 4. The van der Waals surface area contributed by atoms with Crippen molar-refractivity contribution in [3.8, 4) is 0 Å². The first-order valence-corrected chi connectivity index (χ1v) is 7.22. The molecule has 7 nitrogen and oxygen atoms in total. The van der Waals surface area contributed by atoms with Gasteiger partial charge in [-0.25, -0.2) is 0 Å². The first kappa shape index (κ1) is 18.7. The predicted octanol–water partition coefficient (Wildman–Crippen LogP) is 1.20. The molecular formula is C13H10F6O7. The van der Waals surface area contributed by atoms with Gasteiger partial charge in [0, 0.05) is 6.42 Å². The summed E-state index contributed by atoms with van der Waals surface area (Å²) in [6.45, 7) is 0. The summed E-state index contributed by atoms with van der Waals surface area (Å²) < 4.78 is 92.7. The molecule has 0 saturated carbocycles. The summed E-state index contributed by atoms with van der Waals surface area (Å²) in [4.78, 5) is 34.5. The minimum absolute atomic E-state index is 0.0728. The van der Waals surface area contributed by atoms with E-state index in [9.17, 15) is 40.7 Å². The van der Waals surface area contributed by atoms with Crippen LogP contribution in [0.4, 0.5) is 26.3 Å². The number of carboxylic acid groups (broad SMARTS) is 1. The minimum atomic E-state index is -6.25. The quantitative estimate of drug-likeness (QED) is 0.567. The zero-order valence-electron chi connectivity index (χ0n) is 12.5. The number of aliphatic carboxylic acids is 1. The van der Waals surface area contributed by atoms with Crippen molar-refractivity contribution < 1.29 is 60.0 Å². The van der Waals surface area contributed by atoms with Crippen LogP contribution in [0.15, 0.2) is 0 Å². The summed E-state index contributed by atoms with van der Waals surface area (Å²) >= 11 is 0. The summed E-state index contributed by atoms with van der Waals surface area (Å²) in [5.41, 5.74) is -5.24. The van der Waals surface area contributed by atoms with Crippen LogP contribution in [0.25, 0.3) is 0 Å². The highest BCUT2D eigenvalue weighted by atomic mass is 19.4. The molecule has 2 bridgehead atoms. The Kier molecular flexibility index (Phi) is 3.94. The van der Waals surface area contributed by atoms with E-state index >= 15 is 0 Å². The van der Waals surface area contributed by atoms with E-state index in [0.29, 0.717) is 0 Å². The maximum atomic E-state index is 13.1. The number of carboxylic acids is 1. The fourth-order valence-corrected chi connectivity index (χ4v) is 3.58. The number of hydrogen-bond acceptors (Lipinski definition) is 6. The second-order valence-corrected chi connectivity index (χ2v) is 6.22. The Labute approximate surface area is 140 Å². The van der Waals surface area contributed by atoms with Crippen LogP contribution in [-0.2, 0) is 28.6 Å². The Morgan fingerprint density at radius 1 is 1.12 bits per heavy atom. The van der Waals surface area contributed by atoms with E-state index in [1.165, 1.54) is 0 Å². The Hall–Kier alpha value is -2.05. The lowest BCUT2D eigenvalue weighted by molar-refractivity contribution is -0.370. The van der Waals surface area contributed by atoms with Gasteiger partial charge in [-0.05, 0) is 0 Å². The molecule has 1 N–H and O–H groups in total. The molecule has 0 amide bonds. The van der Waals surface area contributed by atoms with Gasteiger partial charge < -0.3 is 19.3 Å². The van der Waals surface area contributed by atoms with Crippen LogP contribution in [0, 0.1) is 11.8 Å². The third-order valence-electron chi connectivity index (χ3n) is 4.71. The highest BCUT2D eigenvalue weighted by Crippen LogP contribution is 2.53. The number of ether oxygens (including phenoxy) is 3. The van der Waals surface area contributed by atoms with Gasteiger partial charge in [-0.15, -0.1) is 0 Å². The van der Waals surface area contributed by atoms with Crippen LogP contribution in [0.5, 0.6) is 0 Å². The number of alkyl halides is 6. The average molecular weight is 392 g/mol. The van der Waals surface area contributed by atoms with Crippen LogP contribution in [0.2, 0.25) is 0 Å². The largest absolute Gasteiger partial charge is 0.481 e. The first-order chi connectivity index (χ1) is 11.8. The van der Waals surface area contributed by atoms with Crippen molar-refractivity contribution in [2.24, 2.45) is 11.8 Å². The van der Waals surface area contributed by atoms with Gasteiger partial charge in [-0.3, -0.25) is 14.4 Å². The molecule has 0 radical (unpaired) electrons. The van der Waals surface area contributed by atoms with E-state index in [1.54, 1.807) is 0 Å². The Bertz CT molecular complexity index is 640. The summed E-state index contributed by atoms with van der Waals surface area (Å²) in [6.07, 6.45) is -17.9. The highest BCUT2D eigenvalue weighted by Gasteiger charge is 2.76. The van der Waals surface area contributed by atoms with E-state index in [4.69, 9.17) is 14.6 Å². The molecule has 3 heterocycles. The molecule has 0 aromatic carbocycles. The Balaban J connectivity index is 1.93. The number of fused-ring (bicyclic) bond motifs is 1. The molecule has 3 fully saturated rings. The lowest BCUT2D eigenvalue weighted by atomic mass is 9.80. The molecule has 0 aromatic rings. The average Bonchev–Trinajstić information content (AvgIpc) is 3.04. The normalized spacial score (nSPS) is 33.3. The van der Waals surface area contributed by atoms with Gasteiger partial charge in [0.05, 0.1) is 12.0 Å². The number of esters is 2. The molecule has 3 aliphatic rings. The predicted molar refractivity (Wildman–Crippen MR) is 63.3 cm³/mol. The van der Waals surface area contributed by atoms with E-state index < -0.39 is 72.4 Å². The molecule has 3 saturated heterocycles. The molecule has 3 aliphatic heterocycles. The molecule has 0 aromatic heterocycles. The van der Waals surface area contributed by atoms with Gasteiger partial charge in [0.15, 0.2) is 0 Å². The van der Waals surface area contributed by atoms with Crippen molar-refractivity contribution in [3.63, 3.8) is 0 Å². The van der Waals surface area contributed by atoms with E-state index in [2.05, 4.69) is 4.74 Å². The first-order valence-electron chi connectivity index (χ1n) is 7.22. The maximum absolute atomic E-state index is 13.1. The third-order valence-corrected chi connectivity index (χ3v) is 4.71. The fraction of sp³-hybridized carbons (Fsp3) is 0.769. The third kappa shape index (κ3) is 2.51. The van der Waals surface area contributed by atoms with Crippen LogP contribution in [0.3, 0.4) is 0 Å².